The van der Waals surface area contributed by atoms with E-state index in [0.717, 1.165) is 6.54 Å². The molecular formula is C14H24Cl2N2. The molecule has 0 saturated carbocycles. The maximum Gasteiger partial charge on any atom is 0.0818 e. The fourth-order valence-electron chi connectivity index (χ4n) is 2.50. The maximum atomic E-state index is 2.55. The van der Waals surface area contributed by atoms with E-state index in [2.05, 4.69) is 54.1 Å². The van der Waals surface area contributed by atoms with Crippen LogP contribution in [0.2, 0.25) is 0 Å². The minimum absolute atomic E-state index is 0. The average molecular weight is 291 g/mol. The molecule has 1 fully saturated rings. The van der Waals surface area contributed by atoms with Gasteiger partial charge in [0.2, 0.25) is 0 Å². The molecule has 0 aromatic heterocycles. The van der Waals surface area contributed by atoms with Crippen LogP contribution in [0.1, 0.15) is 26.2 Å². The molecule has 1 aromatic carbocycles. The van der Waals surface area contributed by atoms with E-state index >= 15 is 0 Å². The zero-order chi connectivity index (χ0) is 11.4. The summed E-state index contributed by atoms with van der Waals surface area (Å²) in [7, 11) is 2.23. The van der Waals surface area contributed by atoms with Crippen LogP contribution in [0.15, 0.2) is 30.3 Å². The van der Waals surface area contributed by atoms with Gasteiger partial charge in [-0.15, -0.1) is 24.8 Å². The molecule has 0 aliphatic carbocycles. The van der Waals surface area contributed by atoms with Crippen molar-refractivity contribution >= 4 is 30.5 Å². The van der Waals surface area contributed by atoms with Gasteiger partial charge in [-0.2, -0.15) is 0 Å². The molecular weight excluding hydrogens is 267 g/mol. The van der Waals surface area contributed by atoms with Crippen LogP contribution in [-0.4, -0.2) is 31.2 Å². The standard InChI is InChI=1S/C14H22N2.2ClH/c1-3-15(2)14-11-7-8-12-16(14)13-9-5-4-6-10-13;;/h4-6,9-10,14H,3,7-8,11-12H2,1-2H3;2*1H. The van der Waals surface area contributed by atoms with Gasteiger partial charge in [-0.3, -0.25) is 4.90 Å². The largest absolute Gasteiger partial charge is 0.356 e. The second-order valence-electron chi connectivity index (χ2n) is 4.58. The van der Waals surface area contributed by atoms with Crippen molar-refractivity contribution in [1.29, 1.82) is 0 Å². The summed E-state index contributed by atoms with van der Waals surface area (Å²) < 4.78 is 0. The molecule has 0 N–H and O–H groups in total. The first kappa shape index (κ1) is 17.6. The number of halogens is 2. The maximum absolute atomic E-state index is 2.55. The lowest BCUT2D eigenvalue weighted by atomic mass is 10.1. The lowest BCUT2D eigenvalue weighted by molar-refractivity contribution is 0.211. The molecule has 0 bridgehead atoms. The molecule has 1 heterocycles. The second-order valence-corrected chi connectivity index (χ2v) is 4.58. The molecule has 0 radical (unpaired) electrons. The number of para-hydroxylation sites is 1. The summed E-state index contributed by atoms with van der Waals surface area (Å²) in [6.45, 7) is 4.55. The van der Waals surface area contributed by atoms with Gasteiger partial charge in [-0.25, -0.2) is 0 Å². The zero-order valence-electron chi connectivity index (χ0n) is 11.2. The van der Waals surface area contributed by atoms with E-state index in [0.29, 0.717) is 6.17 Å². The van der Waals surface area contributed by atoms with Crippen LogP contribution in [0.5, 0.6) is 0 Å². The molecule has 2 rings (SSSR count). The van der Waals surface area contributed by atoms with E-state index in [-0.39, 0.29) is 24.8 Å². The Labute approximate surface area is 123 Å². The summed E-state index contributed by atoms with van der Waals surface area (Å²) in [5.41, 5.74) is 1.37. The van der Waals surface area contributed by atoms with Crippen molar-refractivity contribution in [3.63, 3.8) is 0 Å². The number of piperidine rings is 1. The Morgan fingerprint density at radius 3 is 2.44 bits per heavy atom. The lowest BCUT2D eigenvalue weighted by Gasteiger charge is -2.42. The van der Waals surface area contributed by atoms with E-state index in [9.17, 15) is 0 Å². The number of hydrogen-bond acceptors (Lipinski definition) is 2. The quantitative estimate of drug-likeness (QED) is 0.836. The predicted molar refractivity (Wildman–Crippen MR) is 84.2 cm³/mol. The van der Waals surface area contributed by atoms with Gasteiger partial charge in [-0.1, -0.05) is 25.1 Å². The normalized spacial score (nSPS) is 19.1. The topological polar surface area (TPSA) is 6.48 Å². The first-order valence-electron chi connectivity index (χ1n) is 6.35. The number of benzene rings is 1. The predicted octanol–water partition coefficient (Wildman–Crippen LogP) is 3.80. The Morgan fingerprint density at radius 1 is 1.17 bits per heavy atom. The Morgan fingerprint density at radius 2 is 1.83 bits per heavy atom. The molecule has 2 nitrogen and oxygen atoms in total. The molecule has 104 valence electrons. The van der Waals surface area contributed by atoms with Gasteiger partial charge >= 0.3 is 0 Å². The number of nitrogens with zero attached hydrogens (tertiary/aromatic N) is 2. The first-order valence-corrected chi connectivity index (χ1v) is 6.35. The molecule has 0 spiro atoms. The van der Waals surface area contributed by atoms with Crippen LogP contribution >= 0.6 is 24.8 Å². The smallest absolute Gasteiger partial charge is 0.0818 e. The van der Waals surface area contributed by atoms with E-state index in [1.807, 2.05) is 0 Å². The van der Waals surface area contributed by atoms with Gasteiger partial charge in [0.05, 0.1) is 6.17 Å². The summed E-state index contributed by atoms with van der Waals surface area (Å²) in [6.07, 6.45) is 4.56. The molecule has 1 atom stereocenters. The van der Waals surface area contributed by atoms with Crippen LogP contribution in [0.4, 0.5) is 5.69 Å². The monoisotopic (exact) mass is 290 g/mol. The highest BCUT2D eigenvalue weighted by Gasteiger charge is 2.24. The Kier molecular flexibility index (Phi) is 8.41. The van der Waals surface area contributed by atoms with Gasteiger partial charge in [0.25, 0.3) is 0 Å². The van der Waals surface area contributed by atoms with Gasteiger partial charge in [0, 0.05) is 12.2 Å². The Hall–Kier alpha value is -0.440. The van der Waals surface area contributed by atoms with Crippen LogP contribution in [0, 0.1) is 0 Å². The molecule has 1 unspecified atom stereocenters. The molecule has 4 heteroatoms. The molecule has 1 saturated heterocycles. The van der Waals surface area contributed by atoms with Gasteiger partial charge in [-0.05, 0) is 45.0 Å². The fourth-order valence-corrected chi connectivity index (χ4v) is 2.50. The van der Waals surface area contributed by atoms with Crippen molar-refractivity contribution in [2.24, 2.45) is 0 Å². The van der Waals surface area contributed by atoms with Crippen molar-refractivity contribution in [2.45, 2.75) is 32.4 Å². The summed E-state index contributed by atoms with van der Waals surface area (Å²) in [5, 5.41) is 0. The molecule has 1 aromatic rings. The minimum atomic E-state index is 0. The Bertz CT molecular complexity index is 319. The SMILES string of the molecule is CCN(C)C1CCCCN1c1ccccc1.Cl.Cl. The highest BCUT2D eigenvalue weighted by atomic mass is 35.5. The summed E-state index contributed by atoms with van der Waals surface area (Å²) in [5.74, 6) is 0. The van der Waals surface area contributed by atoms with Gasteiger partial charge in [0.15, 0.2) is 0 Å². The number of hydrogen-bond donors (Lipinski definition) is 0. The molecule has 0 amide bonds. The third kappa shape index (κ3) is 4.04. The van der Waals surface area contributed by atoms with Crippen LogP contribution < -0.4 is 4.90 Å². The third-order valence-electron chi connectivity index (χ3n) is 3.57. The minimum Gasteiger partial charge on any atom is -0.356 e. The third-order valence-corrected chi connectivity index (χ3v) is 3.57. The van der Waals surface area contributed by atoms with Crippen molar-refractivity contribution in [3.05, 3.63) is 30.3 Å². The van der Waals surface area contributed by atoms with Crippen molar-refractivity contribution in [1.82, 2.24) is 4.90 Å². The van der Waals surface area contributed by atoms with Crippen LogP contribution in [-0.2, 0) is 0 Å². The molecule has 18 heavy (non-hydrogen) atoms. The van der Waals surface area contributed by atoms with E-state index in [1.165, 1.54) is 31.5 Å². The van der Waals surface area contributed by atoms with Crippen LogP contribution in [0.3, 0.4) is 0 Å². The summed E-state index contributed by atoms with van der Waals surface area (Å²) in [4.78, 5) is 5.00. The number of anilines is 1. The number of rotatable bonds is 3. The van der Waals surface area contributed by atoms with Gasteiger partial charge in [0.1, 0.15) is 0 Å². The highest BCUT2D eigenvalue weighted by Crippen LogP contribution is 2.25. The zero-order valence-corrected chi connectivity index (χ0v) is 12.8. The Balaban J connectivity index is 0.00000144. The lowest BCUT2D eigenvalue weighted by Crippen LogP contribution is -2.49. The van der Waals surface area contributed by atoms with E-state index in [1.54, 1.807) is 0 Å². The first-order chi connectivity index (χ1) is 7.83. The molecule has 1 aliphatic rings. The van der Waals surface area contributed by atoms with Crippen molar-refractivity contribution in [3.8, 4) is 0 Å². The van der Waals surface area contributed by atoms with Crippen molar-refractivity contribution in [2.75, 3.05) is 25.0 Å². The fraction of sp³-hybridized carbons (Fsp3) is 0.571. The van der Waals surface area contributed by atoms with E-state index < -0.39 is 0 Å². The summed E-state index contributed by atoms with van der Waals surface area (Å²) >= 11 is 0. The van der Waals surface area contributed by atoms with E-state index in [4.69, 9.17) is 0 Å². The highest BCUT2D eigenvalue weighted by molar-refractivity contribution is 5.85. The van der Waals surface area contributed by atoms with Crippen LogP contribution in [0.25, 0.3) is 0 Å². The second kappa shape index (κ2) is 8.63. The summed E-state index contributed by atoms with van der Waals surface area (Å²) in [6, 6.07) is 10.8. The van der Waals surface area contributed by atoms with Gasteiger partial charge < -0.3 is 4.90 Å². The molecule has 1 aliphatic heterocycles. The van der Waals surface area contributed by atoms with Crippen molar-refractivity contribution < 1.29 is 0 Å². The average Bonchev–Trinajstić information content (AvgIpc) is 2.39.